The van der Waals surface area contributed by atoms with Crippen LogP contribution in [0.5, 0.6) is 0 Å². The minimum atomic E-state index is -0.0630. The number of hydrogen-bond donors (Lipinski definition) is 1. The van der Waals surface area contributed by atoms with Crippen molar-refractivity contribution < 1.29 is 9.21 Å². The van der Waals surface area contributed by atoms with Crippen molar-refractivity contribution in [2.45, 2.75) is 32.7 Å². The molecule has 0 saturated carbocycles. The molecule has 2 heterocycles. The molecule has 1 aliphatic rings. The summed E-state index contributed by atoms with van der Waals surface area (Å²) < 4.78 is 5.28. The Kier molecular flexibility index (Phi) is 6.60. The Hall–Kier alpha value is -2.41. The van der Waals surface area contributed by atoms with E-state index in [0.717, 1.165) is 52.0 Å². The van der Waals surface area contributed by atoms with Crippen molar-refractivity contribution in [3.05, 3.63) is 47.7 Å². The van der Waals surface area contributed by atoms with Crippen LogP contribution >= 0.6 is 0 Å². The normalized spacial score (nSPS) is 15.7. The third kappa shape index (κ3) is 5.56. The zero-order valence-corrected chi connectivity index (χ0v) is 15.4. The van der Waals surface area contributed by atoms with Crippen molar-refractivity contribution >= 4 is 6.03 Å². The first-order valence-corrected chi connectivity index (χ1v) is 9.29. The molecule has 7 nitrogen and oxygen atoms in total. The molecule has 2 amide bonds. The van der Waals surface area contributed by atoms with E-state index in [4.69, 9.17) is 4.42 Å². The standard InChI is InChI=1S/C19H27N5O2/c1-16-21-22-18(26-16)15-20-19(25)24-12-6-11-23(13-14-24)10-5-9-17-7-3-2-4-8-17/h2-4,7-8H,5-6,9-15H2,1H3,(H,20,25). The molecule has 1 aliphatic heterocycles. The van der Waals surface area contributed by atoms with Gasteiger partial charge < -0.3 is 19.5 Å². The second-order valence-electron chi connectivity index (χ2n) is 6.64. The van der Waals surface area contributed by atoms with Gasteiger partial charge in [-0.2, -0.15) is 0 Å². The molecule has 0 atom stereocenters. The Morgan fingerprint density at radius 3 is 2.77 bits per heavy atom. The van der Waals surface area contributed by atoms with Gasteiger partial charge in [0.05, 0.1) is 6.54 Å². The quantitative estimate of drug-likeness (QED) is 0.858. The number of amides is 2. The summed E-state index contributed by atoms with van der Waals surface area (Å²) >= 11 is 0. The Morgan fingerprint density at radius 1 is 1.15 bits per heavy atom. The predicted molar refractivity (Wildman–Crippen MR) is 98.7 cm³/mol. The van der Waals surface area contributed by atoms with Gasteiger partial charge in [-0.3, -0.25) is 0 Å². The van der Waals surface area contributed by atoms with Crippen molar-refractivity contribution in [3.63, 3.8) is 0 Å². The molecule has 0 bridgehead atoms. The van der Waals surface area contributed by atoms with E-state index < -0.39 is 0 Å². The van der Waals surface area contributed by atoms with Crippen LogP contribution in [0.4, 0.5) is 4.79 Å². The van der Waals surface area contributed by atoms with Crippen LogP contribution in [0.2, 0.25) is 0 Å². The number of aromatic nitrogens is 2. The number of urea groups is 1. The van der Waals surface area contributed by atoms with Gasteiger partial charge in [0.2, 0.25) is 11.8 Å². The molecule has 2 aromatic rings. The first-order valence-electron chi connectivity index (χ1n) is 9.29. The molecule has 0 aliphatic carbocycles. The first kappa shape index (κ1) is 18.4. The summed E-state index contributed by atoms with van der Waals surface area (Å²) in [5.74, 6) is 0.948. The molecule has 1 N–H and O–H groups in total. The highest BCUT2D eigenvalue weighted by atomic mass is 16.4. The SMILES string of the molecule is Cc1nnc(CNC(=O)N2CCCN(CCCc3ccccc3)CC2)o1. The zero-order valence-electron chi connectivity index (χ0n) is 15.4. The van der Waals surface area contributed by atoms with Gasteiger partial charge >= 0.3 is 6.03 Å². The Bertz CT molecular complexity index is 688. The monoisotopic (exact) mass is 357 g/mol. The first-order chi connectivity index (χ1) is 12.7. The fraction of sp³-hybridized carbons (Fsp3) is 0.526. The van der Waals surface area contributed by atoms with E-state index >= 15 is 0 Å². The molecule has 0 unspecified atom stereocenters. The molecular weight excluding hydrogens is 330 g/mol. The number of hydrogen-bond acceptors (Lipinski definition) is 5. The Labute approximate surface area is 154 Å². The van der Waals surface area contributed by atoms with Gasteiger partial charge in [0, 0.05) is 26.6 Å². The maximum absolute atomic E-state index is 12.3. The summed E-state index contributed by atoms with van der Waals surface area (Å²) in [4.78, 5) is 16.7. The third-order valence-corrected chi connectivity index (χ3v) is 4.62. The van der Waals surface area contributed by atoms with Gasteiger partial charge in [-0.1, -0.05) is 30.3 Å². The Balaban J connectivity index is 1.37. The maximum atomic E-state index is 12.3. The molecule has 1 aromatic heterocycles. The minimum Gasteiger partial charge on any atom is -0.424 e. The van der Waals surface area contributed by atoms with E-state index in [1.54, 1.807) is 6.92 Å². The second kappa shape index (κ2) is 9.33. The zero-order chi connectivity index (χ0) is 18.2. The van der Waals surface area contributed by atoms with Gasteiger partial charge in [-0.15, -0.1) is 10.2 Å². The fourth-order valence-electron chi connectivity index (χ4n) is 3.22. The molecule has 3 rings (SSSR count). The highest BCUT2D eigenvalue weighted by Crippen LogP contribution is 2.08. The van der Waals surface area contributed by atoms with E-state index in [1.165, 1.54) is 5.56 Å². The average Bonchev–Trinajstić information content (AvgIpc) is 2.93. The average molecular weight is 357 g/mol. The largest absolute Gasteiger partial charge is 0.424 e. The van der Waals surface area contributed by atoms with Crippen molar-refractivity contribution in [2.24, 2.45) is 0 Å². The number of aryl methyl sites for hydroxylation is 2. The lowest BCUT2D eigenvalue weighted by Gasteiger charge is -2.22. The van der Waals surface area contributed by atoms with Crippen LogP contribution in [0.15, 0.2) is 34.7 Å². The fourth-order valence-corrected chi connectivity index (χ4v) is 3.22. The van der Waals surface area contributed by atoms with Gasteiger partial charge in [0.25, 0.3) is 0 Å². The number of rotatable bonds is 6. The van der Waals surface area contributed by atoms with E-state index in [9.17, 15) is 4.79 Å². The Morgan fingerprint density at radius 2 is 2.00 bits per heavy atom. The van der Waals surface area contributed by atoms with Crippen LogP contribution in [0.1, 0.15) is 30.2 Å². The van der Waals surface area contributed by atoms with E-state index in [1.807, 2.05) is 4.90 Å². The smallest absolute Gasteiger partial charge is 0.317 e. The number of nitrogens with one attached hydrogen (secondary N) is 1. The highest BCUT2D eigenvalue weighted by Gasteiger charge is 2.19. The van der Waals surface area contributed by atoms with Crippen LogP contribution in [0.25, 0.3) is 0 Å². The molecule has 7 heteroatoms. The van der Waals surface area contributed by atoms with Gasteiger partial charge in [-0.25, -0.2) is 4.79 Å². The van der Waals surface area contributed by atoms with Gasteiger partial charge in [-0.05, 0) is 37.9 Å². The summed E-state index contributed by atoms with van der Waals surface area (Å²) in [6.45, 7) is 6.58. The van der Waals surface area contributed by atoms with Crippen LogP contribution in [0, 0.1) is 6.92 Å². The van der Waals surface area contributed by atoms with Crippen LogP contribution in [-0.4, -0.2) is 58.8 Å². The molecule has 1 aromatic carbocycles. The topological polar surface area (TPSA) is 74.5 Å². The number of carbonyl (C=O) groups is 1. The summed E-state index contributed by atoms with van der Waals surface area (Å²) in [5.41, 5.74) is 1.39. The third-order valence-electron chi connectivity index (χ3n) is 4.62. The highest BCUT2D eigenvalue weighted by molar-refractivity contribution is 5.74. The maximum Gasteiger partial charge on any atom is 0.317 e. The van der Waals surface area contributed by atoms with Crippen LogP contribution in [0.3, 0.4) is 0 Å². The lowest BCUT2D eigenvalue weighted by Crippen LogP contribution is -2.41. The van der Waals surface area contributed by atoms with Crippen LogP contribution < -0.4 is 5.32 Å². The second-order valence-corrected chi connectivity index (χ2v) is 6.64. The van der Waals surface area contributed by atoms with E-state index in [0.29, 0.717) is 11.8 Å². The van der Waals surface area contributed by atoms with Crippen molar-refractivity contribution in [3.8, 4) is 0 Å². The summed E-state index contributed by atoms with van der Waals surface area (Å²) in [5, 5.41) is 10.5. The lowest BCUT2D eigenvalue weighted by atomic mass is 10.1. The predicted octanol–water partition coefficient (Wildman–Crippen LogP) is 2.23. The summed E-state index contributed by atoms with van der Waals surface area (Å²) in [6.07, 6.45) is 3.25. The summed E-state index contributed by atoms with van der Waals surface area (Å²) in [7, 11) is 0. The lowest BCUT2D eigenvalue weighted by molar-refractivity contribution is 0.196. The molecule has 26 heavy (non-hydrogen) atoms. The number of benzene rings is 1. The molecule has 0 radical (unpaired) electrons. The van der Waals surface area contributed by atoms with Crippen molar-refractivity contribution in [1.29, 1.82) is 0 Å². The van der Waals surface area contributed by atoms with E-state index in [2.05, 4.69) is 50.7 Å². The van der Waals surface area contributed by atoms with E-state index in [-0.39, 0.29) is 12.6 Å². The molecule has 1 saturated heterocycles. The van der Waals surface area contributed by atoms with Gasteiger partial charge in [0.1, 0.15) is 0 Å². The summed E-state index contributed by atoms with van der Waals surface area (Å²) in [6, 6.07) is 10.5. The van der Waals surface area contributed by atoms with Gasteiger partial charge in [0.15, 0.2) is 0 Å². The molecule has 0 spiro atoms. The number of carbonyl (C=O) groups excluding carboxylic acids is 1. The molecule has 140 valence electrons. The molecular formula is C19H27N5O2. The minimum absolute atomic E-state index is 0.0630. The van der Waals surface area contributed by atoms with Crippen molar-refractivity contribution in [1.82, 2.24) is 25.3 Å². The molecule has 1 fully saturated rings. The number of nitrogens with zero attached hydrogens (tertiary/aromatic N) is 4. The van der Waals surface area contributed by atoms with Crippen LogP contribution in [-0.2, 0) is 13.0 Å². The van der Waals surface area contributed by atoms with Crippen molar-refractivity contribution in [2.75, 3.05) is 32.7 Å².